The van der Waals surface area contributed by atoms with Crippen LogP contribution in [0.15, 0.2) is 82.8 Å². The molecule has 1 aromatic heterocycles. The molecule has 8 heteroatoms. The Bertz CT molecular complexity index is 1080. The van der Waals surface area contributed by atoms with E-state index in [2.05, 4.69) is 9.88 Å². The van der Waals surface area contributed by atoms with Crippen LogP contribution in [0, 0.1) is 0 Å². The number of benzene rings is 2. The van der Waals surface area contributed by atoms with Crippen LogP contribution in [0.3, 0.4) is 0 Å². The number of carbonyl (C=O) groups is 2. The minimum Gasteiger partial charge on any atom is -0.497 e. The van der Waals surface area contributed by atoms with Gasteiger partial charge in [-0.25, -0.2) is 9.78 Å². The van der Waals surface area contributed by atoms with Gasteiger partial charge in [0.25, 0.3) is 5.91 Å². The topological polar surface area (TPSA) is 72.0 Å². The van der Waals surface area contributed by atoms with Gasteiger partial charge in [0.2, 0.25) is 0 Å². The van der Waals surface area contributed by atoms with E-state index >= 15 is 0 Å². The summed E-state index contributed by atoms with van der Waals surface area (Å²) < 4.78 is 10.5. The summed E-state index contributed by atoms with van der Waals surface area (Å²) in [6, 6.07) is 20.9. The van der Waals surface area contributed by atoms with Gasteiger partial charge in [-0.1, -0.05) is 30.0 Å². The van der Waals surface area contributed by atoms with Crippen molar-refractivity contribution in [1.29, 1.82) is 0 Å². The van der Waals surface area contributed by atoms with E-state index in [0.717, 1.165) is 16.3 Å². The van der Waals surface area contributed by atoms with Gasteiger partial charge in [-0.3, -0.25) is 4.79 Å². The lowest BCUT2D eigenvalue weighted by Crippen LogP contribution is -2.49. The minimum atomic E-state index is -0.549. The third-order valence-corrected chi connectivity index (χ3v) is 6.37. The fourth-order valence-electron chi connectivity index (χ4n) is 3.53. The van der Waals surface area contributed by atoms with Crippen LogP contribution in [0.4, 0.5) is 5.69 Å². The molecule has 33 heavy (non-hydrogen) atoms. The van der Waals surface area contributed by atoms with Gasteiger partial charge in [-0.15, -0.1) is 0 Å². The lowest BCUT2D eigenvalue weighted by atomic mass is 10.2. The molecular weight excluding hydrogens is 438 g/mol. The average molecular weight is 464 g/mol. The smallest absolute Gasteiger partial charge is 0.341 e. The molecule has 4 rings (SSSR count). The number of pyridine rings is 1. The monoisotopic (exact) mass is 463 g/mol. The summed E-state index contributed by atoms with van der Waals surface area (Å²) in [4.78, 5) is 34.5. The van der Waals surface area contributed by atoms with E-state index in [1.54, 1.807) is 30.3 Å². The van der Waals surface area contributed by atoms with Gasteiger partial charge in [-0.2, -0.15) is 0 Å². The third kappa shape index (κ3) is 5.84. The third-order valence-electron chi connectivity index (χ3n) is 5.35. The van der Waals surface area contributed by atoms with Crippen LogP contribution < -0.4 is 9.64 Å². The first-order valence-electron chi connectivity index (χ1n) is 10.7. The quantitative estimate of drug-likeness (QED) is 0.494. The summed E-state index contributed by atoms with van der Waals surface area (Å²) in [6.45, 7) is 2.29. The summed E-state index contributed by atoms with van der Waals surface area (Å²) in [5.41, 5.74) is 1.44. The molecule has 0 aliphatic carbocycles. The fourth-order valence-corrected chi connectivity index (χ4v) is 4.42. The zero-order chi connectivity index (χ0) is 23.0. The Balaban J connectivity index is 1.29. The molecule has 0 saturated carbocycles. The highest BCUT2D eigenvalue weighted by Gasteiger charge is 2.23. The lowest BCUT2D eigenvalue weighted by Gasteiger charge is -2.36. The van der Waals surface area contributed by atoms with Crippen LogP contribution in [-0.4, -0.2) is 61.7 Å². The molecule has 1 aliphatic heterocycles. The molecule has 0 unspecified atom stereocenters. The molecule has 2 heterocycles. The van der Waals surface area contributed by atoms with Gasteiger partial charge in [0.15, 0.2) is 6.61 Å². The Morgan fingerprint density at radius 1 is 0.939 bits per heavy atom. The predicted molar refractivity (Wildman–Crippen MR) is 127 cm³/mol. The molecule has 0 atom stereocenters. The van der Waals surface area contributed by atoms with E-state index in [1.165, 1.54) is 11.8 Å². The number of piperazine rings is 1. The summed E-state index contributed by atoms with van der Waals surface area (Å²) in [7, 11) is 1.64. The summed E-state index contributed by atoms with van der Waals surface area (Å²) in [6.07, 6.45) is 1.63. The maximum Gasteiger partial charge on any atom is 0.341 e. The average Bonchev–Trinajstić information content (AvgIpc) is 2.88. The van der Waals surface area contributed by atoms with E-state index in [0.29, 0.717) is 36.8 Å². The van der Waals surface area contributed by atoms with E-state index in [4.69, 9.17) is 9.47 Å². The Labute approximate surface area is 197 Å². The van der Waals surface area contributed by atoms with E-state index in [-0.39, 0.29) is 12.5 Å². The van der Waals surface area contributed by atoms with E-state index in [9.17, 15) is 9.59 Å². The Kier molecular flexibility index (Phi) is 7.47. The Hall–Kier alpha value is -3.52. The van der Waals surface area contributed by atoms with Crippen molar-refractivity contribution in [2.75, 3.05) is 44.8 Å². The van der Waals surface area contributed by atoms with Gasteiger partial charge < -0.3 is 19.3 Å². The van der Waals surface area contributed by atoms with Crippen molar-refractivity contribution in [3.05, 3.63) is 78.5 Å². The molecule has 2 aromatic carbocycles. The number of ether oxygens (including phenoxy) is 2. The molecule has 3 aromatic rings. The second-order valence-electron chi connectivity index (χ2n) is 7.41. The second kappa shape index (κ2) is 10.9. The number of esters is 1. The first-order chi connectivity index (χ1) is 16.1. The highest BCUT2D eigenvalue weighted by atomic mass is 32.2. The molecule has 7 nitrogen and oxygen atoms in total. The highest BCUT2D eigenvalue weighted by molar-refractivity contribution is 7.99. The largest absolute Gasteiger partial charge is 0.497 e. The Morgan fingerprint density at radius 3 is 2.36 bits per heavy atom. The molecule has 0 radical (unpaired) electrons. The van der Waals surface area contributed by atoms with Crippen molar-refractivity contribution >= 4 is 29.3 Å². The van der Waals surface area contributed by atoms with Crippen molar-refractivity contribution in [3.8, 4) is 5.75 Å². The van der Waals surface area contributed by atoms with Crippen molar-refractivity contribution < 1.29 is 19.1 Å². The molecule has 1 saturated heterocycles. The number of methoxy groups -OCH3 is 1. The Morgan fingerprint density at radius 2 is 1.67 bits per heavy atom. The minimum absolute atomic E-state index is 0.195. The normalized spacial score (nSPS) is 13.5. The number of hydrogen-bond donors (Lipinski definition) is 0. The van der Waals surface area contributed by atoms with E-state index < -0.39 is 5.97 Å². The SMILES string of the molecule is COc1ccc(N2CCN(C(=O)COC(=O)c3cccnc3Sc3ccccc3)CC2)cc1. The number of aromatic nitrogens is 1. The van der Waals surface area contributed by atoms with Crippen molar-refractivity contribution in [3.63, 3.8) is 0 Å². The molecular formula is C25H25N3O4S. The molecule has 170 valence electrons. The van der Waals surface area contributed by atoms with Crippen LogP contribution in [-0.2, 0) is 9.53 Å². The fraction of sp³-hybridized carbons (Fsp3) is 0.240. The number of nitrogens with zero attached hydrogens (tertiary/aromatic N) is 3. The molecule has 0 bridgehead atoms. The molecule has 1 aliphatic rings. The molecule has 1 fully saturated rings. The second-order valence-corrected chi connectivity index (χ2v) is 8.48. The van der Waals surface area contributed by atoms with Crippen molar-refractivity contribution in [2.24, 2.45) is 0 Å². The first-order valence-corrected chi connectivity index (χ1v) is 11.5. The predicted octanol–water partition coefficient (Wildman–Crippen LogP) is 3.75. The highest BCUT2D eigenvalue weighted by Crippen LogP contribution is 2.28. The lowest BCUT2D eigenvalue weighted by molar-refractivity contribution is -0.134. The van der Waals surface area contributed by atoms with Crippen molar-refractivity contribution in [2.45, 2.75) is 9.92 Å². The van der Waals surface area contributed by atoms with Crippen LogP contribution >= 0.6 is 11.8 Å². The molecule has 0 spiro atoms. The van der Waals surface area contributed by atoms with Crippen molar-refractivity contribution in [1.82, 2.24) is 9.88 Å². The maximum absolute atomic E-state index is 12.7. The maximum atomic E-state index is 12.7. The summed E-state index contributed by atoms with van der Waals surface area (Å²) in [5, 5.41) is 0.550. The van der Waals surface area contributed by atoms with Crippen LogP contribution in [0.5, 0.6) is 5.75 Å². The summed E-state index contributed by atoms with van der Waals surface area (Å²) >= 11 is 1.38. The van der Waals surface area contributed by atoms with E-state index in [1.807, 2.05) is 54.6 Å². The van der Waals surface area contributed by atoms with Gasteiger partial charge in [0, 0.05) is 43.0 Å². The molecule has 1 amide bonds. The van der Waals surface area contributed by atoms with Gasteiger partial charge in [-0.05, 0) is 48.5 Å². The number of amides is 1. The van der Waals surface area contributed by atoms with Gasteiger partial charge in [0.05, 0.1) is 12.7 Å². The number of anilines is 1. The summed E-state index contributed by atoms with van der Waals surface area (Å²) in [5.74, 6) is 0.0685. The zero-order valence-electron chi connectivity index (χ0n) is 18.3. The van der Waals surface area contributed by atoms with Crippen LogP contribution in [0.1, 0.15) is 10.4 Å². The number of hydrogen-bond acceptors (Lipinski definition) is 7. The number of carbonyl (C=O) groups excluding carboxylic acids is 2. The molecule has 0 N–H and O–H groups in total. The number of rotatable bonds is 7. The standard InChI is InChI=1S/C25H25N3O4S/c1-31-20-11-9-19(10-12-20)27-14-16-28(17-15-27)23(29)18-32-25(30)22-8-5-13-26-24(22)33-21-6-3-2-4-7-21/h2-13H,14-18H2,1H3. The van der Waals surface area contributed by atoms with Gasteiger partial charge >= 0.3 is 5.97 Å². The van der Waals surface area contributed by atoms with Crippen LogP contribution in [0.25, 0.3) is 0 Å². The van der Waals surface area contributed by atoms with Crippen LogP contribution in [0.2, 0.25) is 0 Å². The van der Waals surface area contributed by atoms with Gasteiger partial charge in [0.1, 0.15) is 10.8 Å². The zero-order valence-corrected chi connectivity index (χ0v) is 19.2. The first kappa shape index (κ1) is 22.7.